The Morgan fingerprint density at radius 3 is 1.35 bits per heavy atom. The Morgan fingerprint density at radius 1 is 0.541 bits per heavy atom. The van der Waals surface area contributed by atoms with Gasteiger partial charge in [0.1, 0.15) is 12.4 Å². The largest absolute Gasteiger partial charge is 0.460 e. The van der Waals surface area contributed by atoms with Gasteiger partial charge in [0.15, 0.2) is 0 Å². The van der Waals surface area contributed by atoms with Gasteiger partial charge in [-0.2, -0.15) is 74.6 Å². The van der Waals surface area contributed by atoms with Gasteiger partial charge in [-0.15, -0.1) is 0 Å². The number of unbranched alkanes of at least 4 members (excludes halogenated alkanes) is 3. The van der Waals surface area contributed by atoms with Crippen LogP contribution in [0.2, 0.25) is 0 Å². The number of nitrogens with zero attached hydrogens (tertiary/aromatic N) is 2. The van der Waals surface area contributed by atoms with E-state index < -0.39 is 66.9 Å². The molecule has 0 aliphatic rings. The van der Waals surface area contributed by atoms with E-state index in [1.807, 2.05) is 0 Å². The molecule has 0 aliphatic carbocycles. The summed E-state index contributed by atoms with van der Waals surface area (Å²) in [6.07, 6.45) is -6.63. The van der Waals surface area contributed by atoms with Crippen molar-refractivity contribution in [2.24, 2.45) is 7.05 Å². The van der Waals surface area contributed by atoms with Crippen molar-refractivity contribution in [3.63, 3.8) is 0 Å². The van der Waals surface area contributed by atoms with E-state index in [9.17, 15) is 74.6 Å². The second-order valence-electron chi connectivity index (χ2n) is 8.13. The van der Waals surface area contributed by atoms with Gasteiger partial charge in [-0.25, -0.2) is 9.13 Å². The summed E-state index contributed by atoms with van der Waals surface area (Å²) in [6, 6.07) is 0. The Labute approximate surface area is 197 Å². The molecule has 0 aromatic carbocycles. The third-order valence-electron chi connectivity index (χ3n) is 5.27. The summed E-state index contributed by atoms with van der Waals surface area (Å²) in [7, 11) is 1.65. The van der Waals surface area contributed by atoms with Crippen LogP contribution >= 0.6 is 0 Å². The van der Waals surface area contributed by atoms with Crippen molar-refractivity contribution < 1.29 is 79.2 Å². The highest BCUT2D eigenvalue weighted by atomic mass is 19.4. The fraction of sp³-hybridized carbons (Fsp3) is 0.833. The Balaban J connectivity index is 3.07. The molecule has 2 nitrogen and oxygen atoms in total. The molecule has 19 heteroatoms. The van der Waals surface area contributed by atoms with Crippen LogP contribution < -0.4 is 4.57 Å². The van der Waals surface area contributed by atoms with E-state index in [0.717, 1.165) is 0 Å². The molecule has 0 unspecified atom stereocenters. The van der Waals surface area contributed by atoms with E-state index >= 15 is 0 Å². The molecule has 0 radical (unpaired) electrons. The van der Waals surface area contributed by atoms with Gasteiger partial charge in [-0.3, -0.25) is 0 Å². The van der Waals surface area contributed by atoms with Crippen LogP contribution in [-0.4, -0.2) is 52.2 Å². The van der Waals surface area contributed by atoms with E-state index in [0.29, 0.717) is 0 Å². The molecule has 0 fully saturated rings. The second-order valence-corrected chi connectivity index (χ2v) is 8.13. The molecule has 0 saturated heterocycles. The predicted molar refractivity (Wildman–Crippen MR) is 89.4 cm³/mol. The van der Waals surface area contributed by atoms with Gasteiger partial charge < -0.3 is 0 Å². The van der Waals surface area contributed by atoms with Crippen LogP contribution in [0, 0.1) is 0 Å². The van der Waals surface area contributed by atoms with Gasteiger partial charge in [0.05, 0.1) is 13.6 Å². The van der Waals surface area contributed by atoms with E-state index in [2.05, 4.69) is 0 Å². The number of halogens is 17. The summed E-state index contributed by atoms with van der Waals surface area (Å²) < 4.78 is 228. The van der Waals surface area contributed by atoms with E-state index in [1.165, 1.54) is 0 Å². The topological polar surface area (TPSA) is 8.81 Å². The lowest BCUT2D eigenvalue weighted by Gasteiger charge is -2.42. The van der Waals surface area contributed by atoms with Crippen molar-refractivity contribution in [1.29, 1.82) is 0 Å². The van der Waals surface area contributed by atoms with Gasteiger partial charge in [-0.05, 0) is 19.3 Å². The van der Waals surface area contributed by atoms with Crippen LogP contribution in [0.15, 0.2) is 18.7 Å². The maximum absolute atomic E-state index is 13.8. The quantitative estimate of drug-likeness (QED) is 0.131. The number of aromatic nitrogens is 2. The molecule has 0 bridgehead atoms. The van der Waals surface area contributed by atoms with E-state index in [4.69, 9.17) is 0 Å². The van der Waals surface area contributed by atoms with Gasteiger partial charge in [0.25, 0.3) is 0 Å². The fourth-order valence-electron chi connectivity index (χ4n) is 2.98. The number of rotatable bonds is 13. The molecule has 0 aliphatic heterocycles. The molecule has 1 rings (SSSR count). The molecule has 0 atom stereocenters. The Bertz CT molecular complexity index is 900. The average Bonchev–Trinajstić information content (AvgIpc) is 3.13. The molecule has 0 saturated carbocycles. The molecule has 0 spiro atoms. The van der Waals surface area contributed by atoms with Crippen LogP contribution in [0.5, 0.6) is 0 Å². The van der Waals surface area contributed by atoms with Crippen molar-refractivity contribution in [3.8, 4) is 0 Å². The molecule has 1 aromatic rings. The van der Waals surface area contributed by atoms with Gasteiger partial charge in [0.2, 0.25) is 6.33 Å². The van der Waals surface area contributed by atoms with Crippen molar-refractivity contribution in [3.05, 3.63) is 18.7 Å². The highest BCUT2D eigenvalue weighted by Crippen LogP contribution is 2.64. The fourth-order valence-corrected chi connectivity index (χ4v) is 2.98. The zero-order chi connectivity index (χ0) is 29.5. The van der Waals surface area contributed by atoms with Gasteiger partial charge in [-0.1, -0.05) is 6.42 Å². The zero-order valence-electron chi connectivity index (χ0n) is 18.3. The summed E-state index contributed by atoms with van der Waals surface area (Å²) in [4.78, 5) is 0. The van der Waals surface area contributed by atoms with E-state index in [-0.39, 0.29) is 19.4 Å². The molecule has 0 N–H and O–H groups in total. The maximum Gasteiger partial charge on any atom is 0.460 e. The summed E-state index contributed by atoms with van der Waals surface area (Å²) in [6.45, 7) is 0.281. The molecule has 218 valence electrons. The lowest BCUT2D eigenvalue weighted by atomic mass is 9.88. The number of hydrogen-bond donors (Lipinski definition) is 0. The van der Waals surface area contributed by atoms with Crippen molar-refractivity contribution >= 4 is 0 Å². The summed E-state index contributed by atoms with van der Waals surface area (Å²) in [5.41, 5.74) is 0. The molecular weight excluding hydrogens is 567 g/mol. The third kappa shape index (κ3) is 5.45. The minimum absolute atomic E-state index is 0.00703. The normalized spacial score (nSPS) is 15.4. The molecular formula is C18H18F17N2+. The number of hydrogen-bond acceptors (Lipinski definition) is 0. The Morgan fingerprint density at radius 2 is 0.946 bits per heavy atom. The average molecular weight is 585 g/mol. The molecule has 1 heterocycles. The maximum atomic E-state index is 13.8. The smallest absolute Gasteiger partial charge is 0.240 e. The van der Waals surface area contributed by atoms with Gasteiger partial charge >= 0.3 is 47.6 Å². The van der Waals surface area contributed by atoms with Crippen LogP contribution in [0.25, 0.3) is 0 Å². The minimum atomic E-state index is -8.59. The summed E-state index contributed by atoms with van der Waals surface area (Å²) in [5, 5.41) is 0. The van der Waals surface area contributed by atoms with Crippen LogP contribution in [0.1, 0.15) is 32.1 Å². The highest BCUT2D eigenvalue weighted by molar-refractivity contribution is 5.15. The second kappa shape index (κ2) is 9.96. The highest BCUT2D eigenvalue weighted by Gasteiger charge is 2.95. The number of imidazole rings is 1. The summed E-state index contributed by atoms with van der Waals surface area (Å²) >= 11 is 0. The van der Waals surface area contributed by atoms with Crippen LogP contribution in [0.4, 0.5) is 74.6 Å². The van der Waals surface area contributed by atoms with Crippen molar-refractivity contribution in [2.75, 3.05) is 0 Å². The lowest BCUT2D eigenvalue weighted by molar-refractivity contribution is -0.671. The SMILES string of the molecule is C[n+]1ccn(CCCCCCC(F)(F)C(F)(F)C(F)(F)C(F)(F)C(F)(F)C(F)(F)C(F)(F)C(F)(F)F)c1. The monoisotopic (exact) mass is 585 g/mol. The first kappa shape index (κ1) is 33.0. The molecule has 37 heavy (non-hydrogen) atoms. The van der Waals surface area contributed by atoms with Gasteiger partial charge in [0, 0.05) is 6.42 Å². The van der Waals surface area contributed by atoms with Crippen molar-refractivity contribution in [2.45, 2.75) is 86.3 Å². The first-order valence-electron chi connectivity index (χ1n) is 9.95. The Kier molecular flexibility index (Phi) is 8.90. The van der Waals surface area contributed by atoms with E-state index in [1.54, 1.807) is 34.9 Å². The van der Waals surface area contributed by atoms with Crippen LogP contribution in [-0.2, 0) is 13.6 Å². The number of alkyl halides is 17. The number of aryl methyl sites for hydroxylation is 2. The first-order valence-corrected chi connectivity index (χ1v) is 9.95. The first-order chi connectivity index (χ1) is 16.2. The summed E-state index contributed by atoms with van der Waals surface area (Å²) in [5.74, 6) is -55.8. The zero-order valence-corrected chi connectivity index (χ0v) is 18.3. The van der Waals surface area contributed by atoms with Crippen LogP contribution in [0.3, 0.4) is 0 Å². The standard InChI is InChI=1S/C18H18F17N2/c1-36-8-9-37(10-36)7-5-3-2-4-6-11(19,20)12(21,22)13(23,24)14(25,26)15(27,28)16(29,30)17(31,32)18(33,34)35/h8-10H,2-7H2,1H3/q+1. The minimum Gasteiger partial charge on any atom is -0.240 e. The third-order valence-corrected chi connectivity index (χ3v) is 5.27. The van der Waals surface area contributed by atoms with Crippen molar-refractivity contribution in [1.82, 2.24) is 4.57 Å². The predicted octanol–water partition coefficient (Wildman–Crippen LogP) is 7.27. The lowest BCUT2D eigenvalue weighted by Crippen LogP contribution is -2.74. The Hall–Kier alpha value is -1.98. The molecule has 0 amide bonds. The molecule has 1 aromatic heterocycles.